The molecule has 0 radical (unpaired) electrons. The Kier molecular flexibility index (Phi) is 4.72. The Morgan fingerprint density at radius 3 is 2.50 bits per heavy atom. The number of nitrogens with zero attached hydrogens (tertiary/aromatic N) is 6. The first-order valence-corrected chi connectivity index (χ1v) is 12.3. The summed E-state index contributed by atoms with van der Waals surface area (Å²) >= 11 is 1.58. The molecule has 1 aliphatic rings. The molecule has 5 rings (SSSR count). The van der Waals surface area contributed by atoms with Crippen LogP contribution in [0.15, 0.2) is 45.6 Å². The molecule has 1 aliphatic heterocycles. The summed E-state index contributed by atoms with van der Waals surface area (Å²) in [6, 6.07) is 8.86. The van der Waals surface area contributed by atoms with E-state index < -0.39 is 9.84 Å². The number of aromatic nitrogens is 4. The first kappa shape index (κ1) is 19.4. The number of fused-ring (bicyclic) bond motifs is 3. The van der Waals surface area contributed by atoms with E-state index in [-0.39, 0.29) is 15.6 Å². The molecule has 3 aromatic heterocycles. The Balaban J connectivity index is 1.67. The average Bonchev–Trinajstić information content (AvgIpc) is 3.41. The normalized spacial score (nSPS) is 16.0. The molecule has 4 aromatic rings. The summed E-state index contributed by atoms with van der Waals surface area (Å²) in [4.78, 5) is 9.49. The topological polar surface area (TPSA) is 83.7 Å². The van der Waals surface area contributed by atoms with Crippen LogP contribution in [0.4, 0.5) is 5.82 Å². The molecular formula is C20H22N6O2S2. The molecule has 0 aliphatic carbocycles. The number of benzene rings is 1. The predicted octanol–water partition coefficient (Wildman–Crippen LogP) is 2.49. The van der Waals surface area contributed by atoms with E-state index in [9.17, 15) is 8.42 Å². The fourth-order valence-corrected chi connectivity index (χ4v) is 5.85. The highest BCUT2D eigenvalue weighted by Crippen LogP contribution is 2.33. The largest absolute Gasteiger partial charge is 0.353 e. The van der Waals surface area contributed by atoms with E-state index in [2.05, 4.69) is 27.2 Å². The molecular weight excluding hydrogens is 420 g/mol. The number of likely N-dealkylation sites (N-methyl/N-ethyl adjacent to an activating group) is 1. The molecule has 1 saturated heterocycles. The van der Waals surface area contributed by atoms with Crippen LogP contribution in [0.5, 0.6) is 0 Å². The van der Waals surface area contributed by atoms with Gasteiger partial charge in [-0.25, -0.2) is 13.4 Å². The van der Waals surface area contributed by atoms with Crippen molar-refractivity contribution in [2.75, 3.05) is 38.1 Å². The minimum atomic E-state index is -3.84. The summed E-state index contributed by atoms with van der Waals surface area (Å²) in [6.45, 7) is 5.59. The summed E-state index contributed by atoms with van der Waals surface area (Å²) < 4.78 is 29.2. The van der Waals surface area contributed by atoms with Gasteiger partial charge in [-0.05, 0) is 42.6 Å². The van der Waals surface area contributed by atoms with E-state index in [0.717, 1.165) is 54.2 Å². The lowest BCUT2D eigenvalue weighted by Crippen LogP contribution is -2.44. The van der Waals surface area contributed by atoms with Crippen molar-refractivity contribution in [1.82, 2.24) is 24.7 Å². The molecule has 10 heteroatoms. The van der Waals surface area contributed by atoms with Crippen molar-refractivity contribution < 1.29 is 8.42 Å². The maximum Gasteiger partial charge on any atom is 0.229 e. The quantitative estimate of drug-likeness (QED) is 0.480. The van der Waals surface area contributed by atoms with Gasteiger partial charge in [0.15, 0.2) is 11.5 Å². The number of anilines is 1. The molecule has 0 N–H and O–H groups in total. The zero-order valence-corrected chi connectivity index (χ0v) is 18.4. The molecule has 8 nitrogen and oxygen atoms in total. The third-order valence-corrected chi connectivity index (χ3v) is 8.17. The van der Waals surface area contributed by atoms with Crippen molar-refractivity contribution in [1.29, 1.82) is 0 Å². The van der Waals surface area contributed by atoms with Gasteiger partial charge < -0.3 is 9.80 Å². The third-order valence-electron chi connectivity index (χ3n) is 5.60. The molecule has 1 fully saturated rings. The molecule has 0 atom stereocenters. The highest BCUT2D eigenvalue weighted by molar-refractivity contribution is 7.91. The van der Waals surface area contributed by atoms with Crippen molar-refractivity contribution in [3.05, 3.63) is 41.3 Å². The third kappa shape index (κ3) is 3.06. The van der Waals surface area contributed by atoms with E-state index in [1.165, 1.54) is 0 Å². The lowest BCUT2D eigenvalue weighted by Gasteiger charge is -2.33. The first-order valence-electron chi connectivity index (χ1n) is 9.89. The summed E-state index contributed by atoms with van der Waals surface area (Å²) in [5, 5.41) is 10.1. The van der Waals surface area contributed by atoms with Crippen molar-refractivity contribution >= 4 is 42.9 Å². The lowest BCUT2D eigenvalue weighted by atomic mass is 10.2. The van der Waals surface area contributed by atoms with Gasteiger partial charge in [-0.15, -0.1) is 16.4 Å². The fraction of sp³-hybridized carbons (Fsp3) is 0.350. The first-order chi connectivity index (χ1) is 14.5. The van der Waals surface area contributed by atoms with Crippen LogP contribution in [0, 0.1) is 0 Å². The number of piperazine rings is 1. The zero-order valence-electron chi connectivity index (χ0n) is 16.8. The molecule has 0 spiro atoms. The summed E-state index contributed by atoms with van der Waals surface area (Å²) in [7, 11) is -1.73. The minimum absolute atomic E-state index is 0.102. The van der Waals surface area contributed by atoms with Crippen LogP contribution < -0.4 is 4.90 Å². The standard InChI is InChI=1S/C20H22N6O2S2/c1-3-14-4-6-15(7-5-14)30(27,28)20-19-21-18(25-11-9-24(2)10-12-25)17-16(8-13-29-17)26(19)23-22-20/h4-8,13H,3,9-12H2,1-2H3. The molecule has 30 heavy (non-hydrogen) atoms. The predicted molar refractivity (Wildman–Crippen MR) is 117 cm³/mol. The Morgan fingerprint density at radius 1 is 1.07 bits per heavy atom. The van der Waals surface area contributed by atoms with Crippen molar-refractivity contribution in [3.63, 3.8) is 0 Å². The van der Waals surface area contributed by atoms with E-state index in [4.69, 9.17) is 4.98 Å². The highest BCUT2D eigenvalue weighted by Gasteiger charge is 2.28. The van der Waals surface area contributed by atoms with Gasteiger partial charge in [-0.2, -0.15) is 4.52 Å². The van der Waals surface area contributed by atoms with E-state index in [1.54, 1.807) is 28.0 Å². The van der Waals surface area contributed by atoms with Crippen LogP contribution in [0.1, 0.15) is 12.5 Å². The van der Waals surface area contributed by atoms with E-state index in [1.807, 2.05) is 30.5 Å². The van der Waals surface area contributed by atoms with Gasteiger partial charge in [-0.1, -0.05) is 24.3 Å². The maximum absolute atomic E-state index is 13.3. The Hall–Kier alpha value is -2.56. The second kappa shape index (κ2) is 7.29. The van der Waals surface area contributed by atoms with Crippen LogP contribution in [0.3, 0.4) is 0 Å². The number of rotatable bonds is 4. The van der Waals surface area contributed by atoms with Gasteiger partial charge in [0, 0.05) is 26.2 Å². The van der Waals surface area contributed by atoms with Crippen LogP contribution in [-0.2, 0) is 16.3 Å². The van der Waals surface area contributed by atoms with E-state index >= 15 is 0 Å². The summed E-state index contributed by atoms with van der Waals surface area (Å²) in [5.41, 5.74) is 2.18. The summed E-state index contributed by atoms with van der Waals surface area (Å²) in [6.07, 6.45) is 0.849. The van der Waals surface area contributed by atoms with Crippen LogP contribution in [-0.4, -0.2) is 66.4 Å². The molecule has 4 heterocycles. The number of sulfone groups is 1. The van der Waals surface area contributed by atoms with Crippen molar-refractivity contribution in [2.24, 2.45) is 0 Å². The number of hydrogen-bond donors (Lipinski definition) is 0. The highest BCUT2D eigenvalue weighted by atomic mass is 32.2. The van der Waals surface area contributed by atoms with Gasteiger partial charge in [0.05, 0.1) is 15.1 Å². The molecule has 0 unspecified atom stereocenters. The lowest BCUT2D eigenvalue weighted by molar-refractivity contribution is 0.312. The minimum Gasteiger partial charge on any atom is -0.353 e. The molecule has 156 valence electrons. The smallest absolute Gasteiger partial charge is 0.229 e. The molecule has 0 saturated carbocycles. The zero-order chi connectivity index (χ0) is 20.9. The van der Waals surface area contributed by atoms with Crippen molar-refractivity contribution in [3.8, 4) is 0 Å². The average molecular weight is 443 g/mol. The number of hydrogen-bond acceptors (Lipinski definition) is 8. The second-order valence-electron chi connectivity index (χ2n) is 7.49. The van der Waals surface area contributed by atoms with Gasteiger partial charge in [0.25, 0.3) is 0 Å². The van der Waals surface area contributed by atoms with Crippen LogP contribution in [0.25, 0.3) is 15.9 Å². The molecule has 0 amide bonds. The Labute approximate surface area is 178 Å². The fourth-order valence-electron chi connectivity index (χ4n) is 3.73. The Bertz CT molecular complexity index is 1320. The molecule has 0 bridgehead atoms. The maximum atomic E-state index is 13.3. The van der Waals surface area contributed by atoms with Crippen molar-refractivity contribution in [2.45, 2.75) is 23.3 Å². The monoisotopic (exact) mass is 442 g/mol. The van der Waals surface area contributed by atoms with Gasteiger partial charge in [0.1, 0.15) is 0 Å². The number of thiophene rings is 1. The summed E-state index contributed by atoms with van der Waals surface area (Å²) in [5.74, 6) is 0.806. The van der Waals surface area contributed by atoms with Crippen LogP contribution in [0.2, 0.25) is 0 Å². The SMILES string of the molecule is CCc1ccc(S(=O)(=O)c2nnn3c2nc(N2CCN(C)CC2)c2sccc23)cc1. The van der Waals surface area contributed by atoms with Gasteiger partial charge in [0.2, 0.25) is 14.9 Å². The second-order valence-corrected chi connectivity index (χ2v) is 10.3. The Morgan fingerprint density at radius 2 is 1.80 bits per heavy atom. The molecule has 1 aromatic carbocycles. The number of aryl methyl sites for hydroxylation is 1. The van der Waals surface area contributed by atoms with E-state index in [0.29, 0.717) is 0 Å². The van der Waals surface area contributed by atoms with Gasteiger partial charge >= 0.3 is 0 Å². The van der Waals surface area contributed by atoms with Gasteiger partial charge in [-0.3, -0.25) is 0 Å². The van der Waals surface area contributed by atoms with Crippen LogP contribution >= 0.6 is 11.3 Å².